The maximum Gasteiger partial charge on any atom is 0.290 e. The van der Waals surface area contributed by atoms with Crippen molar-refractivity contribution in [3.8, 4) is 0 Å². The lowest BCUT2D eigenvalue weighted by atomic mass is 10.5. The van der Waals surface area contributed by atoms with Crippen molar-refractivity contribution in [2.24, 2.45) is 0 Å². The summed E-state index contributed by atoms with van der Waals surface area (Å²) in [4.78, 5) is 15.1. The van der Waals surface area contributed by atoms with E-state index in [2.05, 4.69) is 20.5 Å². The maximum absolute atomic E-state index is 11.3. The minimum atomic E-state index is -0.897. The number of carbonyl (C=O) groups is 1. The highest BCUT2D eigenvalue weighted by atomic mass is 32.2. The van der Waals surface area contributed by atoms with Crippen LogP contribution in [0.3, 0.4) is 0 Å². The largest absolute Gasteiger partial charge is 0.348 e. The molecule has 0 aromatic carbocycles. The monoisotopic (exact) mass is 216 g/mol. The fourth-order valence-corrected chi connectivity index (χ4v) is 1.22. The number of carbonyl (C=O) groups excluding carboxylic acids is 1. The molecular weight excluding hydrogens is 204 g/mol. The van der Waals surface area contributed by atoms with Gasteiger partial charge in [-0.15, -0.1) is 5.10 Å². The number of rotatable bonds is 4. The Bertz CT molecular complexity index is 349. The van der Waals surface area contributed by atoms with Gasteiger partial charge in [-0.3, -0.25) is 14.1 Å². The van der Waals surface area contributed by atoms with E-state index in [1.54, 1.807) is 13.2 Å². The summed E-state index contributed by atoms with van der Waals surface area (Å²) >= 11 is 0. The van der Waals surface area contributed by atoms with Crippen molar-refractivity contribution in [1.82, 2.24) is 20.5 Å². The molecule has 1 rings (SSSR count). The zero-order valence-corrected chi connectivity index (χ0v) is 8.85. The number of aromatic nitrogens is 3. The van der Waals surface area contributed by atoms with Gasteiger partial charge in [0.2, 0.25) is 5.82 Å². The van der Waals surface area contributed by atoms with Crippen LogP contribution in [0.1, 0.15) is 16.4 Å². The summed E-state index contributed by atoms with van der Waals surface area (Å²) in [6, 6.07) is 0. The third-order valence-corrected chi connectivity index (χ3v) is 2.25. The topological polar surface area (TPSA) is 87.7 Å². The molecule has 1 aromatic heterocycles. The highest BCUT2D eigenvalue weighted by Crippen LogP contribution is 1.89. The molecule has 0 bridgehead atoms. The highest BCUT2D eigenvalue weighted by molar-refractivity contribution is 7.84. The van der Waals surface area contributed by atoms with Gasteiger partial charge in [0.25, 0.3) is 5.91 Å². The van der Waals surface area contributed by atoms with Gasteiger partial charge < -0.3 is 5.32 Å². The Morgan fingerprint density at radius 3 is 2.86 bits per heavy atom. The van der Waals surface area contributed by atoms with Crippen molar-refractivity contribution in [2.75, 3.05) is 18.6 Å². The van der Waals surface area contributed by atoms with Gasteiger partial charge in [-0.05, 0) is 6.92 Å². The van der Waals surface area contributed by atoms with Crippen LogP contribution in [0.4, 0.5) is 0 Å². The Hall–Kier alpha value is -1.24. The van der Waals surface area contributed by atoms with Gasteiger partial charge in [0.1, 0.15) is 5.82 Å². The zero-order valence-electron chi connectivity index (χ0n) is 8.03. The molecule has 1 atom stereocenters. The first-order valence-electron chi connectivity index (χ1n) is 4.07. The number of aryl methyl sites for hydroxylation is 1. The summed E-state index contributed by atoms with van der Waals surface area (Å²) in [7, 11) is -0.897. The smallest absolute Gasteiger partial charge is 0.290 e. The second kappa shape index (κ2) is 4.85. The third-order valence-electron chi connectivity index (χ3n) is 1.48. The molecule has 7 heteroatoms. The Morgan fingerprint density at radius 2 is 2.36 bits per heavy atom. The zero-order chi connectivity index (χ0) is 10.6. The predicted octanol–water partition coefficient (Wildman–Crippen LogP) is -0.779. The first-order chi connectivity index (χ1) is 6.59. The van der Waals surface area contributed by atoms with Gasteiger partial charge in [-0.2, -0.15) is 0 Å². The van der Waals surface area contributed by atoms with Gasteiger partial charge in [0, 0.05) is 29.4 Å². The van der Waals surface area contributed by atoms with Gasteiger partial charge in [0.05, 0.1) is 0 Å². The van der Waals surface area contributed by atoms with Crippen LogP contribution >= 0.6 is 0 Å². The van der Waals surface area contributed by atoms with Crippen LogP contribution in [0.25, 0.3) is 0 Å². The van der Waals surface area contributed by atoms with E-state index in [-0.39, 0.29) is 11.7 Å². The summed E-state index contributed by atoms with van der Waals surface area (Å²) in [6.07, 6.45) is 1.59. The lowest BCUT2D eigenvalue weighted by Gasteiger charge is -1.99. The third kappa shape index (κ3) is 3.25. The Kier molecular flexibility index (Phi) is 3.75. The van der Waals surface area contributed by atoms with Crippen LogP contribution in [0.5, 0.6) is 0 Å². The predicted molar refractivity (Wildman–Crippen MR) is 52.4 cm³/mol. The first kappa shape index (κ1) is 10.8. The van der Waals surface area contributed by atoms with E-state index in [9.17, 15) is 9.00 Å². The van der Waals surface area contributed by atoms with Crippen molar-refractivity contribution in [3.05, 3.63) is 11.6 Å². The van der Waals surface area contributed by atoms with Gasteiger partial charge in [-0.1, -0.05) is 0 Å². The Balaban J connectivity index is 2.39. The van der Waals surface area contributed by atoms with Crippen molar-refractivity contribution >= 4 is 16.7 Å². The van der Waals surface area contributed by atoms with Crippen molar-refractivity contribution in [3.63, 3.8) is 0 Å². The van der Waals surface area contributed by atoms with Crippen molar-refractivity contribution in [1.29, 1.82) is 0 Å². The van der Waals surface area contributed by atoms with Crippen LogP contribution in [0.15, 0.2) is 0 Å². The summed E-state index contributed by atoms with van der Waals surface area (Å²) in [5.74, 6) is 0.799. The fraction of sp³-hybridized carbons (Fsp3) is 0.571. The van der Waals surface area contributed by atoms with Crippen LogP contribution in [0.2, 0.25) is 0 Å². The summed E-state index contributed by atoms with van der Waals surface area (Å²) < 4.78 is 10.7. The number of H-pyrrole nitrogens is 1. The van der Waals surface area contributed by atoms with E-state index in [0.29, 0.717) is 18.1 Å². The van der Waals surface area contributed by atoms with Crippen LogP contribution in [0, 0.1) is 6.92 Å². The van der Waals surface area contributed by atoms with E-state index in [1.807, 2.05) is 0 Å². The molecule has 1 unspecified atom stereocenters. The summed E-state index contributed by atoms with van der Waals surface area (Å²) in [6.45, 7) is 2.08. The number of nitrogens with one attached hydrogen (secondary N) is 2. The SMILES string of the molecule is Cc1nc(C(=O)NCCS(C)=O)n[nH]1. The highest BCUT2D eigenvalue weighted by Gasteiger charge is 2.09. The number of nitrogens with zero attached hydrogens (tertiary/aromatic N) is 2. The summed E-state index contributed by atoms with van der Waals surface area (Å²) in [5.41, 5.74) is 0. The van der Waals surface area contributed by atoms with Gasteiger partial charge in [0.15, 0.2) is 0 Å². The van der Waals surface area contributed by atoms with E-state index in [0.717, 1.165) is 0 Å². The lowest BCUT2D eigenvalue weighted by molar-refractivity contribution is 0.0946. The normalized spacial score (nSPS) is 12.4. The fourth-order valence-electron chi connectivity index (χ4n) is 0.832. The van der Waals surface area contributed by atoms with Crippen LogP contribution in [-0.4, -0.2) is 43.9 Å². The number of hydrogen-bond donors (Lipinski definition) is 2. The Labute approximate surface area is 84.0 Å². The molecule has 0 spiro atoms. The molecular formula is C7H12N4O2S. The molecule has 1 aromatic rings. The molecule has 14 heavy (non-hydrogen) atoms. The Morgan fingerprint density at radius 1 is 1.64 bits per heavy atom. The van der Waals surface area contributed by atoms with Gasteiger partial charge >= 0.3 is 0 Å². The molecule has 2 N–H and O–H groups in total. The molecule has 1 amide bonds. The second-order valence-corrected chi connectivity index (χ2v) is 4.33. The molecule has 0 saturated heterocycles. The van der Waals surface area contributed by atoms with E-state index in [4.69, 9.17) is 0 Å². The van der Waals surface area contributed by atoms with Crippen LogP contribution < -0.4 is 5.32 Å². The minimum absolute atomic E-state index is 0.115. The van der Waals surface area contributed by atoms with Crippen LogP contribution in [-0.2, 0) is 10.8 Å². The molecule has 0 aliphatic carbocycles. The average Bonchev–Trinajstić information content (AvgIpc) is 2.51. The van der Waals surface area contributed by atoms with Crippen molar-refractivity contribution in [2.45, 2.75) is 6.92 Å². The summed E-state index contributed by atoms with van der Waals surface area (Å²) in [5, 5.41) is 8.82. The number of aromatic amines is 1. The molecule has 0 fully saturated rings. The molecule has 6 nitrogen and oxygen atoms in total. The number of amides is 1. The van der Waals surface area contributed by atoms with E-state index in [1.165, 1.54) is 0 Å². The second-order valence-electron chi connectivity index (χ2n) is 2.78. The van der Waals surface area contributed by atoms with E-state index >= 15 is 0 Å². The average molecular weight is 216 g/mol. The standard InChI is InChI=1S/C7H12N4O2S/c1-5-9-6(11-10-5)7(12)8-3-4-14(2)13/h3-4H2,1-2H3,(H,8,12)(H,9,10,11). The minimum Gasteiger partial charge on any atom is -0.348 e. The lowest BCUT2D eigenvalue weighted by Crippen LogP contribution is -2.28. The van der Waals surface area contributed by atoms with Gasteiger partial charge in [-0.25, -0.2) is 4.98 Å². The quantitative estimate of drug-likeness (QED) is 0.691. The molecule has 0 saturated carbocycles. The first-order valence-corrected chi connectivity index (χ1v) is 5.79. The molecule has 0 radical (unpaired) electrons. The molecule has 1 heterocycles. The number of hydrogen-bond acceptors (Lipinski definition) is 4. The van der Waals surface area contributed by atoms with Crippen molar-refractivity contribution < 1.29 is 9.00 Å². The molecule has 0 aliphatic heterocycles. The maximum atomic E-state index is 11.3. The molecule has 78 valence electrons. The van der Waals surface area contributed by atoms with E-state index < -0.39 is 10.8 Å². The molecule has 0 aliphatic rings.